The zero-order valence-electron chi connectivity index (χ0n) is 13.7. The van der Waals surface area contributed by atoms with Crippen LogP contribution in [0.3, 0.4) is 0 Å². The third kappa shape index (κ3) is 3.87. The van der Waals surface area contributed by atoms with Gasteiger partial charge in [-0.25, -0.2) is 4.36 Å². The third-order valence-corrected chi connectivity index (χ3v) is 4.81. The Bertz CT molecular complexity index is 607. The van der Waals surface area contributed by atoms with E-state index in [1.165, 1.54) is 0 Å². The zero-order chi connectivity index (χ0) is 15.9. The first kappa shape index (κ1) is 16.5. The molecule has 0 bridgehead atoms. The van der Waals surface area contributed by atoms with Gasteiger partial charge >= 0.3 is 7.12 Å². The van der Waals surface area contributed by atoms with Crippen LogP contribution in [0.15, 0.2) is 28.6 Å². The molecule has 4 nitrogen and oxygen atoms in total. The van der Waals surface area contributed by atoms with Crippen molar-refractivity contribution in [2.24, 2.45) is 4.36 Å². The van der Waals surface area contributed by atoms with Gasteiger partial charge < -0.3 is 9.31 Å². The van der Waals surface area contributed by atoms with Gasteiger partial charge in [0.2, 0.25) is 0 Å². The van der Waals surface area contributed by atoms with Crippen LogP contribution in [0.25, 0.3) is 0 Å². The summed E-state index contributed by atoms with van der Waals surface area (Å²) in [5, 5.41) is 0. The van der Waals surface area contributed by atoms with Crippen molar-refractivity contribution in [2.45, 2.75) is 45.4 Å². The van der Waals surface area contributed by atoms with E-state index in [9.17, 15) is 4.21 Å². The molecule has 1 aromatic rings. The predicted octanol–water partition coefficient (Wildman–Crippen LogP) is 2.21. The van der Waals surface area contributed by atoms with Crippen LogP contribution >= 0.6 is 0 Å². The Morgan fingerprint density at radius 3 is 1.95 bits per heavy atom. The minimum absolute atomic E-state index is 0.332. The van der Waals surface area contributed by atoms with E-state index in [0.717, 1.165) is 11.0 Å². The molecule has 6 heteroatoms. The Balaban J connectivity index is 2.12. The van der Waals surface area contributed by atoms with Crippen LogP contribution in [0.4, 0.5) is 0 Å². The summed E-state index contributed by atoms with van der Waals surface area (Å²) in [6, 6.07) is 7.93. The van der Waals surface area contributed by atoms with Crippen molar-refractivity contribution < 1.29 is 13.5 Å². The quantitative estimate of drug-likeness (QED) is 0.804. The van der Waals surface area contributed by atoms with Gasteiger partial charge in [-0.1, -0.05) is 24.3 Å². The second-order valence-electron chi connectivity index (χ2n) is 6.80. The summed E-state index contributed by atoms with van der Waals surface area (Å²) in [5.41, 5.74) is 1.36. The Morgan fingerprint density at radius 1 is 1.05 bits per heavy atom. The monoisotopic (exact) mass is 309 g/mol. The lowest BCUT2D eigenvalue weighted by molar-refractivity contribution is 0.00578. The normalized spacial score (nSPS) is 20.6. The topological polar surface area (TPSA) is 47.9 Å². The average Bonchev–Trinajstić information content (AvgIpc) is 2.56. The van der Waals surface area contributed by atoms with E-state index in [4.69, 9.17) is 9.31 Å². The van der Waals surface area contributed by atoms with Crippen LogP contribution in [0.2, 0.25) is 0 Å². The van der Waals surface area contributed by atoms with Crippen LogP contribution in [0.5, 0.6) is 0 Å². The highest BCUT2D eigenvalue weighted by atomic mass is 32.2. The van der Waals surface area contributed by atoms with Gasteiger partial charge in [-0.3, -0.25) is 4.21 Å². The Labute approximate surface area is 128 Å². The van der Waals surface area contributed by atoms with Gasteiger partial charge in [-0.2, -0.15) is 0 Å². The molecule has 0 unspecified atom stereocenters. The van der Waals surface area contributed by atoms with Crippen molar-refractivity contribution in [1.82, 2.24) is 0 Å². The molecule has 21 heavy (non-hydrogen) atoms. The largest absolute Gasteiger partial charge is 0.494 e. The molecule has 1 fully saturated rings. The molecule has 116 valence electrons. The van der Waals surface area contributed by atoms with E-state index in [-0.39, 0.29) is 18.3 Å². The van der Waals surface area contributed by atoms with E-state index in [0.29, 0.717) is 6.54 Å². The van der Waals surface area contributed by atoms with Crippen molar-refractivity contribution in [3.63, 3.8) is 0 Å². The molecule has 1 saturated heterocycles. The Morgan fingerprint density at radius 2 is 1.52 bits per heavy atom. The molecule has 0 aliphatic carbocycles. The second-order valence-corrected chi connectivity index (χ2v) is 9.42. The van der Waals surface area contributed by atoms with Gasteiger partial charge in [-0.05, 0) is 38.7 Å². The number of hydrogen-bond donors (Lipinski definition) is 0. The summed E-state index contributed by atoms with van der Waals surface area (Å²) in [5.74, 6) is 0. The minimum Gasteiger partial charge on any atom is -0.399 e. The van der Waals surface area contributed by atoms with Crippen molar-refractivity contribution in [3.05, 3.63) is 29.8 Å². The molecule has 0 radical (unpaired) electrons. The fourth-order valence-corrected chi connectivity index (χ4v) is 2.45. The molecule has 1 aliphatic heterocycles. The summed E-state index contributed by atoms with van der Waals surface area (Å²) < 4.78 is 27.8. The van der Waals surface area contributed by atoms with Crippen molar-refractivity contribution in [2.75, 3.05) is 12.5 Å². The Hall–Kier alpha value is -0.845. The minimum atomic E-state index is -2.05. The van der Waals surface area contributed by atoms with E-state index < -0.39 is 9.73 Å². The average molecular weight is 309 g/mol. The van der Waals surface area contributed by atoms with E-state index in [1.54, 1.807) is 12.5 Å². The molecule has 0 N–H and O–H groups in total. The van der Waals surface area contributed by atoms with Crippen LogP contribution in [0.1, 0.15) is 33.3 Å². The molecule has 0 atom stereocenters. The molecule has 0 saturated carbocycles. The highest BCUT2D eigenvalue weighted by Gasteiger charge is 2.51. The van der Waals surface area contributed by atoms with Crippen molar-refractivity contribution >= 4 is 22.3 Å². The van der Waals surface area contributed by atoms with Crippen LogP contribution in [0, 0.1) is 0 Å². The molecular weight excluding hydrogens is 285 g/mol. The van der Waals surface area contributed by atoms with E-state index in [1.807, 2.05) is 52.0 Å². The van der Waals surface area contributed by atoms with Gasteiger partial charge in [0, 0.05) is 22.2 Å². The van der Waals surface area contributed by atoms with E-state index in [2.05, 4.69) is 4.36 Å². The highest BCUT2D eigenvalue weighted by molar-refractivity contribution is 7.92. The van der Waals surface area contributed by atoms with Gasteiger partial charge in [0.1, 0.15) is 0 Å². The smallest absolute Gasteiger partial charge is 0.399 e. The first-order chi connectivity index (χ1) is 9.50. The summed E-state index contributed by atoms with van der Waals surface area (Å²) in [7, 11) is -2.40. The lowest BCUT2D eigenvalue weighted by Gasteiger charge is -2.32. The number of benzene rings is 1. The number of nitrogens with zero attached hydrogens (tertiary/aromatic N) is 1. The molecule has 1 heterocycles. The van der Waals surface area contributed by atoms with Crippen molar-refractivity contribution in [1.29, 1.82) is 0 Å². The third-order valence-electron chi connectivity index (χ3n) is 4.06. The van der Waals surface area contributed by atoms with Gasteiger partial charge in [-0.15, -0.1) is 0 Å². The number of rotatable bonds is 3. The zero-order valence-corrected chi connectivity index (χ0v) is 14.5. The summed E-state index contributed by atoms with van der Waals surface area (Å²) in [6.45, 7) is 8.63. The maximum atomic E-state index is 11.6. The Kier molecular flexibility index (Phi) is 4.26. The fraction of sp³-hybridized carbons (Fsp3) is 0.600. The SMILES string of the molecule is CC1(C)OB(c2ccc(CN=S(C)(C)=O)cc2)OC1(C)C. The standard InChI is InChI=1S/C15H24BNO3S/c1-14(2)15(3,4)20-16(19-14)13-9-7-12(8-10-13)11-17-21(5,6)18/h7-10H,11H2,1-6H3. The lowest BCUT2D eigenvalue weighted by atomic mass is 9.79. The predicted molar refractivity (Wildman–Crippen MR) is 88.3 cm³/mol. The molecular formula is C15H24BNO3S. The van der Waals surface area contributed by atoms with Crippen LogP contribution in [-0.2, 0) is 25.6 Å². The maximum absolute atomic E-state index is 11.6. The molecule has 0 spiro atoms. The molecule has 0 amide bonds. The summed E-state index contributed by atoms with van der Waals surface area (Å²) in [4.78, 5) is 0. The van der Waals surface area contributed by atoms with Crippen LogP contribution < -0.4 is 5.46 Å². The van der Waals surface area contributed by atoms with Crippen LogP contribution in [-0.4, -0.2) is 35.0 Å². The molecule has 2 rings (SSSR count). The second kappa shape index (κ2) is 5.41. The summed E-state index contributed by atoms with van der Waals surface area (Å²) in [6.07, 6.45) is 3.29. The first-order valence-electron chi connectivity index (χ1n) is 7.08. The fourth-order valence-electron chi connectivity index (χ4n) is 1.99. The van der Waals surface area contributed by atoms with Gasteiger partial charge in [0.05, 0.1) is 17.7 Å². The van der Waals surface area contributed by atoms with Gasteiger partial charge in [0.15, 0.2) is 0 Å². The maximum Gasteiger partial charge on any atom is 0.494 e. The highest BCUT2D eigenvalue weighted by Crippen LogP contribution is 2.36. The first-order valence-corrected chi connectivity index (χ1v) is 9.41. The number of hydrogen-bond acceptors (Lipinski definition) is 4. The van der Waals surface area contributed by atoms with E-state index >= 15 is 0 Å². The van der Waals surface area contributed by atoms with Gasteiger partial charge in [0.25, 0.3) is 0 Å². The lowest BCUT2D eigenvalue weighted by Crippen LogP contribution is -2.41. The molecule has 1 aliphatic rings. The molecule has 1 aromatic carbocycles. The van der Waals surface area contributed by atoms with Crippen molar-refractivity contribution in [3.8, 4) is 0 Å². The molecule has 0 aromatic heterocycles. The summed E-state index contributed by atoms with van der Waals surface area (Å²) >= 11 is 0.